The quantitative estimate of drug-likeness (QED) is 0.827. The van der Waals surface area contributed by atoms with Gasteiger partial charge in [0.1, 0.15) is 5.69 Å². The van der Waals surface area contributed by atoms with Gasteiger partial charge in [-0.2, -0.15) is 0 Å². The molecule has 0 aliphatic heterocycles. The van der Waals surface area contributed by atoms with Gasteiger partial charge in [0.05, 0.1) is 6.61 Å². The third-order valence-electron chi connectivity index (χ3n) is 3.52. The number of rotatable bonds is 4. The summed E-state index contributed by atoms with van der Waals surface area (Å²) >= 11 is 0. The van der Waals surface area contributed by atoms with Gasteiger partial charge in [-0.15, -0.1) is 0 Å². The highest BCUT2D eigenvalue weighted by molar-refractivity contribution is 5.92. The van der Waals surface area contributed by atoms with Crippen molar-refractivity contribution < 1.29 is 9.90 Å². The molecule has 17 heavy (non-hydrogen) atoms. The van der Waals surface area contributed by atoms with E-state index in [0.29, 0.717) is 12.2 Å². The minimum absolute atomic E-state index is 0.107. The van der Waals surface area contributed by atoms with E-state index >= 15 is 0 Å². The minimum atomic E-state index is -0.162. The van der Waals surface area contributed by atoms with Gasteiger partial charge in [-0.05, 0) is 25.0 Å². The lowest BCUT2D eigenvalue weighted by Crippen LogP contribution is -2.38. The number of hydrogen-bond donors (Lipinski definition) is 2. The monoisotopic (exact) mass is 234 g/mol. The summed E-state index contributed by atoms with van der Waals surface area (Å²) in [7, 11) is 0. The van der Waals surface area contributed by atoms with Gasteiger partial charge in [-0.3, -0.25) is 9.78 Å². The van der Waals surface area contributed by atoms with Crippen molar-refractivity contribution in [2.24, 2.45) is 5.41 Å². The summed E-state index contributed by atoms with van der Waals surface area (Å²) in [5.41, 5.74) is 0.323. The van der Waals surface area contributed by atoms with E-state index in [0.717, 1.165) is 25.7 Å². The Bertz CT molecular complexity index is 372. The van der Waals surface area contributed by atoms with Crippen LogP contribution in [0.1, 0.15) is 36.2 Å². The van der Waals surface area contributed by atoms with Crippen LogP contribution in [0.4, 0.5) is 0 Å². The van der Waals surface area contributed by atoms with Gasteiger partial charge >= 0.3 is 0 Å². The molecule has 0 saturated heterocycles. The normalized spacial score (nSPS) is 17.9. The topological polar surface area (TPSA) is 62.2 Å². The van der Waals surface area contributed by atoms with Crippen LogP contribution in [0.5, 0.6) is 0 Å². The average molecular weight is 234 g/mol. The molecule has 1 aromatic heterocycles. The first-order chi connectivity index (χ1) is 8.26. The smallest absolute Gasteiger partial charge is 0.269 e. The summed E-state index contributed by atoms with van der Waals surface area (Å²) in [4.78, 5) is 15.8. The van der Waals surface area contributed by atoms with Crippen LogP contribution in [-0.4, -0.2) is 29.1 Å². The molecule has 1 heterocycles. The van der Waals surface area contributed by atoms with Crippen molar-refractivity contribution in [3.05, 3.63) is 30.1 Å². The summed E-state index contributed by atoms with van der Waals surface area (Å²) in [6, 6.07) is 5.26. The lowest BCUT2D eigenvalue weighted by molar-refractivity contribution is 0.0876. The molecular formula is C13H18N2O2. The highest BCUT2D eigenvalue weighted by Gasteiger charge is 2.33. The summed E-state index contributed by atoms with van der Waals surface area (Å²) < 4.78 is 0. The van der Waals surface area contributed by atoms with Crippen molar-refractivity contribution in [2.75, 3.05) is 13.2 Å². The van der Waals surface area contributed by atoms with Gasteiger partial charge in [-0.25, -0.2) is 0 Å². The Kier molecular flexibility index (Phi) is 3.74. The summed E-state index contributed by atoms with van der Waals surface area (Å²) in [5, 5.41) is 12.3. The van der Waals surface area contributed by atoms with E-state index < -0.39 is 0 Å². The lowest BCUT2D eigenvalue weighted by atomic mass is 9.87. The van der Waals surface area contributed by atoms with Crippen LogP contribution in [0.3, 0.4) is 0 Å². The first-order valence-electron chi connectivity index (χ1n) is 6.06. The van der Waals surface area contributed by atoms with Crippen LogP contribution < -0.4 is 5.32 Å². The van der Waals surface area contributed by atoms with Crippen LogP contribution in [-0.2, 0) is 0 Å². The predicted octanol–water partition coefficient (Wildman–Crippen LogP) is 1.36. The number of amides is 1. The molecule has 0 spiro atoms. The van der Waals surface area contributed by atoms with E-state index in [2.05, 4.69) is 10.3 Å². The first kappa shape index (κ1) is 12.0. The fourth-order valence-electron chi connectivity index (χ4n) is 2.37. The highest BCUT2D eigenvalue weighted by atomic mass is 16.3. The maximum absolute atomic E-state index is 11.8. The number of nitrogens with one attached hydrogen (secondary N) is 1. The maximum Gasteiger partial charge on any atom is 0.269 e. The fourth-order valence-corrected chi connectivity index (χ4v) is 2.37. The number of aliphatic hydroxyl groups excluding tert-OH is 1. The average Bonchev–Trinajstić information content (AvgIpc) is 2.86. The lowest BCUT2D eigenvalue weighted by Gasteiger charge is -2.26. The number of hydrogen-bond acceptors (Lipinski definition) is 3. The Morgan fingerprint density at radius 1 is 1.41 bits per heavy atom. The van der Waals surface area contributed by atoms with Crippen molar-refractivity contribution in [3.8, 4) is 0 Å². The molecule has 1 aliphatic carbocycles. The third-order valence-corrected chi connectivity index (χ3v) is 3.52. The zero-order valence-electron chi connectivity index (χ0n) is 9.85. The molecule has 1 aromatic rings. The molecular weight excluding hydrogens is 216 g/mol. The number of aliphatic hydroxyl groups is 1. The van der Waals surface area contributed by atoms with E-state index in [1.165, 1.54) is 0 Å². The summed E-state index contributed by atoms with van der Waals surface area (Å²) in [5.74, 6) is -0.162. The zero-order chi connectivity index (χ0) is 12.1. The molecule has 0 aromatic carbocycles. The van der Waals surface area contributed by atoms with Crippen LogP contribution in [0.25, 0.3) is 0 Å². The van der Waals surface area contributed by atoms with Crippen molar-refractivity contribution in [1.82, 2.24) is 10.3 Å². The molecule has 92 valence electrons. The summed E-state index contributed by atoms with van der Waals surface area (Å²) in [6.07, 6.45) is 5.87. The Hall–Kier alpha value is -1.42. The van der Waals surface area contributed by atoms with Crippen molar-refractivity contribution in [1.29, 1.82) is 0 Å². The Labute approximate surface area is 101 Å². The minimum Gasteiger partial charge on any atom is -0.396 e. The van der Waals surface area contributed by atoms with Gasteiger partial charge in [0.2, 0.25) is 0 Å². The van der Waals surface area contributed by atoms with Gasteiger partial charge < -0.3 is 10.4 Å². The van der Waals surface area contributed by atoms with Crippen molar-refractivity contribution >= 4 is 5.91 Å². The molecule has 2 rings (SSSR count). The second-order valence-electron chi connectivity index (χ2n) is 4.76. The Balaban J connectivity index is 1.92. The molecule has 0 unspecified atom stereocenters. The molecule has 1 saturated carbocycles. The molecule has 1 aliphatic rings. The first-order valence-corrected chi connectivity index (χ1v) is 6.06. The number of carbonyl (C=O) groups is 1. The zero-order valence-corrected chi connectivity index (χ0v) is 9.85. The van der Waals surface area contributed by atoms with Gasteiger partial charge in [0, 0.05) is 18.2 Å². The van der Waals surface area contributed by atoms with Crippen LogP contribution >= 0.6 is 0 Å². The number of nitrogens with zero attached hydrogens (tertiary/aromatic N) is 1. The van der Waals surface area contributed by atoms with Crippen molar-refractivity contribution in [3.63, 3.8) is 0 Å². The molecule has 0 atom stereocenters. The molecule has 4 heteroatoms. The van der Waals surface area contributed by atoms with Crippen LogP contribution in [0, 0.1) is 5.41 Å². The molecule has 0 bridgehead atoms. The van der Waals surface area contributed by atoms with Gasteiger partial charge in [-0.1, -0.05) is 18.9 Å². The Morgan fingerprint density at radius 2 is 2.18 bits per heavy atom. The van der Waals surface area contributed by atoms with Crippen LogP contribution in [0.2, 0.25) is 0 Å². The molecule has 1 fully saturated rings. The standard InChI is InChI=1S/C13H18N2O2/c16-10-13(6-2-3-7-13)9-15-12(17)11-5-1-4-8-14-11/h1,4-5,8,16H,2-3,6-7,9-10H2,(H,15,17). The fraction of sp³-hybridized carbons (Fsp3) is 0.538. The largest absolute Gasteiger partial charge is 0.396 e. The Morgan fingerprint density at radius 3 is 2.76 bits per heavy atom. The number of aromatic nitrogens is 1. The maximum atomic E-state index is 11.8. The molecule has 2 N–H and O–H groups in total. The van der Waals surface area contributed by atoms with E-state index in [9.17, 15) is 9.90 Å². The van der Waals surface area contributed by atoms with E-state index in [1.54, 1.807) is 24.4 Å². The van der Waals surface area contributed by atoms with Gasteiger partial charge in [0.15, 0.2) is 0 Å². The molecule has 4 nitrogen and oxygen atoms in total. The van der Waals surface area contributed by atoms with E-state index in [-0.39, 0.29) is 17.9 Å². The van der Waals surface area contributed by atoms with E-state index in [1.807, 2.05) is 0 Å². The molecule has 1 amide bonds. The van der Waals surface area contributed by atoms with Crippen molar-refractivity contribution in [2.45, 2.75) is 25.7 Å². The van der Waals surface area contributed by atoms with E-state index in [4.69, 9.17) is 0 Å². The second kappa shape index (κ2) is 5.27. The third kappa shape index (κ3) is 2.82. The van der Waals surface area contributed by atoms with Crippen LogP contribution in [0.15, 0.2) is 24.4 Å². The number of carbonyl (C=O) groups excluding carboxylic acids is 1. The predicted molar refractivity (Wildman–Crippen MR) is 64.6 cm³/mol. The molecule has 0 radical (unpaired) electrons. The van der Waals surface area contributed by atoms with Gasteiger partial charge in [0.25, 0.3) is 5.91 Å². The SMILES string of the molecule is O=C(NCC1(CO)CCCC1)c1ccccn1. The number of pyridine rings is 1. The second-order valence-corrected chi connectivity index (χ2v) is 4.76. The highest BCUT2D eigenvalue weighted by Crippen LogP contribution is 2.36. The summed E-state index contributed by atoms with van der Waals surface area (Å²) in [6.45, 7) is 0.689.